The number of halogens is 2. The van der Waals surface area contributed by atoms with Gasteiger partial charge in [-0.05, 0) is 31.0 Å². The van der Waals surface area contributed by atoms with Crippen LogP contribution in [-0.4, -0.2) is 45.5 Å². The number of hydrogen-bond donors (Lipinski definition) is 0. The summed E-state index contributed by atoms with van der Waals surface area (Å²) in [5, 5.41) is 0.206. The molecule has 0 atom stereocenters. The van der Waals surface area contributed by atoms with Crippen LogP contribution in [0.4, 0.5) is 0 Å². The molecule has 2 rings (SSSR count). The van der Waals surface area contributed by atoms with Crippen molar-refractivity contribution in [2.75, 3.05) is 20.2 Å². The lowest BCUT2D eigenvalue weighted by molar-refractivity contribution is 0.0351. The van der Waals surface area contributed by atoms with Gasteiger partial charge in [0.25, 0.3) is 15.0 Å². The normalized spacial score (nSPS) is 17.0. The van der Waals surface area contributed by atoms with Crippen molar-refractivity contribution in [2.45, 2.75) is 23.8 Å². The van der Waals surface area contributed by atoms with Gasteiger partial charge in [-0.3, -0.25) is 4.79 Å². The fourth-order valence-corrected chi connectivity index (χ4v) is 3.26. The molecule has 116 valence electrons. The Kier molecular flexibility index (Phi) is 5.14. The highest BCUT2D eigenvalue weighted by molar-refractivity contribution is 8.13. The molecule has 1 aliphatic heterocycles. The molecule has 0 spiro atoms. The Labute approximate surface area is 133 Å². The van der Waals surface area contributed by atoms with Crippen molar-refractivity contribution >= 4 is 37.2 Å². The van der Waals surface area contributed by atoms with Crippen molar-refractivity contribution in [1.29, 1.82) is 0 Å². The quantitative estimate of drug-likeness (QED) is 0.785. The first-order chi connectivity index (χ1) is 9.82. The van der Waals surface area contributed by atoms with Gasteiger partial charge in [0.2, 0.25) is 0 Å². The number of likely N-dealkylation sites (tertiary alicyclic amines) is 1. The number of nitrogens with zero attached hydrogens (tertiary/aromatic N) is 1. The number of amides is 1. The molecule has 5 nitrogen and oxygen atoms in total. The van der Waals surface area contributed by atoms with Crippen LogP contribution in [0.3, 0.4) is 0 Å². The van der Waals surface area contributed by atoms with Crippen LogP contribution in [0.2, 0.25) is 5.02 Å². The van der Waals surface area contributed by atoms with Crippen LogP contribution in [0, 0.1) is 0 Å². The van der Waals surface area contributed by atoms with E-state index in [1.54, 1.807) is 12.0 Å². The first-order valence-corrected chi connectivity index (χ1v) is 9.08. The van der Waals surface area contributed by atoms with Gasteiger partial charge in [0.05, 0.1) is 21.6 Å². The standard InChI is InChI=1S/C13H15Cl2NO4S/c1-20-9-4-6-16(7-5-9)13(17)11-8-10(21(15,18)19)2-3-12(11)14/h2-3,8-9H,4-7H2,1H3. The lowest BCUT2D eigenvalue weighted by atomic mass is 10.1. The number of methoxy groups -OCH3 is 1. The van der Waals surface area contributed by atoms with Gasteiger partial charge in [0.15, 0.2) is 0 Å². The zero-order valence-corrected chi connectivity index (χ0v) is 13.7. The van der Waals surface area contributed by atoms with Crippen LogP contribution < -0.4 is 0 Å². The van der Waals surface area contributed by atoms with Crippen molar-refractivity contribution in [1.82, 2.24) is 4.90 Å². The molecule has 0 radical (unpaired) electrons. The smallest absolute Gasteiger partial charge is 0.261 e. The monoisotopic (exact) mass is 351 g/mol. The van der Waals surface area contributed by atoms with Gasteiger partial charge in [0, 0.05) is 30.9 Å². The minimum absolute atomic E-state index is 0.135. The van der Waals surface area contributed by atoms with Crippen molar-refractivity contribution in [3.63, 3.8) is 0 Å². The Balaban J connectivity index is 2.23. The summed E-state index contributed by atoms with van der Waals surface area (Å²) in [5.74, 6) is -0.295. The van der Waals surface area contributed by atoms with Gasteiger partial charge in [-0.15, -0.1) is 0 Å². The first kappa shape index (κ1) is 16.5. The minimum Gasteiger partial charge on any atom is -0.381 e. The fraction of sp³-hybridized carbons (Fsp3) is 0.462. The lowest BCUT2D eigenvalue weighted by Gasteiger charge is -2.31. The second-order valence-corrected chi connectivity index (χ2v) is 7.78. The molecule has 0 saturated carbocycles. The number of benzene rings is 1. The molecule has 21 heavy (non-hydrogen) atoms. The van der Waals surface area contributed by atoms with Crippen LogP contribution in [0.25, 0.3) is 0 Å². The SMILES string of the molecule is COC1CCN(C(=O)c2cc(S(=O)(=O)Cl)ccc2Cl)CC1. The molecule has 1 fully saturated rings. The molecule has 1 saturated heterocycles. The third-order valence-electron chi connectivity index (χ3n) is 3.51. The van der Waals surface area contributed by atoms with Crippen molar-refractivity contribution in [2.24, 2.45) is 0 Å². The molecule has 0 unspecified atom stereocenters. The molecule has 1 aromatic rings. The van der Waals surface area contributed by atoms with Gasteiger partial charge in [-0.1, -0.05) is 11.6 Å². The Morgan fingerprint density at radius 1 is 1.33 bits per heavy atom. The number of piperidine rings is 1. The van der Waals surface area contributed by atoms with Crippen molar-refractivity contribution in [3.8, 4) is 0 Å². The number of carbonyl (C=O) groups excluding carboxylic acids is 1. The topological polar surface area (TPSA) is 63.7 Å². The van der Waals surface area contributed by atoms with E-state index in [0.717, 1.165) is 12.8 Å². The summed E-state index contributed by atoms with van der Waals surface area (Å²) in [7, 11) is 3.05. The Hall–Kier alpha value is -0.820. The number of carbonyl (C=O) groups is 1. The van der Waals surface area contributed by atoms with E-state index in [1.165, 1.54) is 18.2 Å². The molecule has 0 bridgehead atoms. The van der Waals surface area contributed by atoms with Gasteiger partial charge >= 0.3 is 0 Å². The summed E-state index contributed by atoms with van der Waals surface area (Å²) in [5.41, 5.74) is 0.147. The summed E-state index contributed by atoms with van der Waals surface area (Å²) in [6.45, 7) is 1.09. The predicted octanol–water partition coefficient (Wildman–Crippen LogP) is 2.52. The molecule has 8 heteroatoms. The van der Waals surface area contributed by atoms with E-state index in [0.29, 0.717) is 13.1 Å². The Morgan fingerprint density at radius 2 is 1.95 bits per heavy atom. The van der Waals surface area contributed by atoms with Crippen molar-refractivity contribution < 1.29 is 17.9 Å². The predicted molar refractivity (Wildman–Crippen MR) is 80.4 cm³/mol. The molecule has 0 N–H and O–H groups in total. The Bertz CT molecular complexity index is 640. The highest BCUT2D eigenvalue weighted by Gasteiger charge is 2.25. The van der Waals surface area contributed by atoms with Gasteiger partial charge in [0.1, 0.15) is 0 Å². The number of ether oxygens (including phenoxy) is 1. The summed E-state index contributed by atoms with van der Waals surface area (Å²) in [6, 6.07) is 3.86. The second kappa shape index (κ2) is 6.52. The maximum absolute atomic E-state index is 12.5. The third kappa shape index (κ3) is 3.88. The van der Waals surface area contributed by atoms with E-state index >= 15 is 0 Å². The summed E-state index contributed by atoms with van der Waals surface area (Å²) in [4.78, 5) is 14.0. The van der Waals surface area contributed by atoms with E-state index in [-0.39, 0.29) is 27.5 Å². The minimum atomic E-state index is -3.90. The van der Waals surface area contributed by atoms with Crippen LogP contribution in [-0.2, 0) is 13.8 Å². The van der Waals surface area contributed by atoms with Crippen LogP contribution in [0.1, 0.15) is 23.2 Å². The van der Waals surface area contributed by atoms with E-state index in [2.05, 4.69) is 0 Å². The van der Waals surface area contributed by atoms with Crippen LogP contribution >= 0.6 is 22.3 Å². The highest BCUT2D eigenvalue weighted by Crippen LogP contribution is 2.25. The molecular formula is C13H15Cl2NO4S. The molecule has 0 aliphatic carbocycles. The van der Waals surface area contributed by atoms with Gasteiger partial charge in [-0.2, -0.15) is 0 Å². The van der Waals surface area contributed by atoms with E-state index in [1.807, 2.05) is 0 Å². The average Bonchev–Trinajstić information content (AvgIpc) is 2.46. The number of hydrogen-bond acceptors (Lipinski definition) is 4. The van der Waals surface area contributed by atoms with E-state index in [9.17, 15) is 13.2 Å². The zero-order valence-electron chi connectivity index (χ0n) is 11.4. The molecule has 1 aromatic carbocycles. The largest absolute Gasteiger partial charge is 0.381 e. The van der Waals surface area contributed by atoms with Gasteiger partial charge in [-0.25, -0.2) is 8.42 Å². The average molecular weight is 352 g/mol. The Morgan fingerprint density at radius 3 is 2.48 bits per heavy atom. The third-order valence-corrected chi connectivity index (χ3v) is 5.19. The fourth-order valence-electron chi connectivity index (χ4n) is 2.28. The lowest BCUT2D eigenvalue weighted by Crippen LogP contribution is -2.40. The molecule has 1 heterocycles. The molecule has 1 aliphatic rings. The maximum Gasteiger partial charge on any atom is 0.261 e. The second-order valence-electron chi connectivity index (χ2n) is 4.81. The molecule has 0 aromatic heterocycles. The summed E-state index contributed by atoms with van der Waals surface area (Å²) in [6.07, 6.45) is 1.64. The van der Waals surface area contributed by atoms with Crippen LogP contribution in [0.5, 0.6) is 0 Å². The van der Waals surface area contributed by atoms with Crippen molar-refractivity contribution in [3.05, 3.63) is 28.8 Å². The van der Waals surface area contributed by atoms with Gasteiger partial charge < -0.3 is 9.64 Å². The van der Waals surface area contributed by atoms with E-state index in [4.69, 9.17) is 27.0 Å². The summed E-state index contributed by atoms with van der Waals surface area (Å²) >= 11 is 6.01. The molecule has 1 amide bonds. The highest BCUT2D eigenvalue weighted by atomic mass is 35.7. The maximum atomic E-state index is 12.5. The molecular weight excluding hydrogens is 337 g/mol. The number of rotatable bonds is 3. The van der Waals surface area contributed by atoms with Crippen LogP contribution in [0.15, 0.2) is 23.1 Å². The first-order valence-electron chi connectivity index (χ1n) is 6.39. The zero-order chi connectivity index (χ0) is 15.6. The summed E-state index contributed by atoms with van der Waals surface area (Å²) < 4.78 is 28.0. The van der Waals surface area contributed by atoms with E-state index < -0.39 is 9.05 Å².